The molecule has 0 unspecified atom stereocenters. The Kier molecular flexibility index (Phi) is 5.99. The summed E-state index contributed by atoms with van der Waals surface area (Å²) >= 11 is 0. The molecule has 1 N–H and O–H groups in total. The van der Waals surface area contributed by atoms with Crippen LogP contribution in [0.5, 0.6) is 0 Å². The van der Waals surface area contributed by atoms with Crippen molar-refractivity contribution in [1.29, 1.82) is 0 Å². The molecule has 0 aliphatic carbocycles. The standard InChI is InChI=1S/C7H15O2/c1-3-4-5-9-6-7(2)8/h8H,3-6H2,1-2H3. The SMILES string of the molecule is CCCCOC[C](C)O. The van der Waals surface area contributed by atoms with Crippen molar-refractivity contribution in [3.63, 3.8) is 0 Å². The van der Waals surface area contributed by atoms with E-state index in [2.05, 4.69) is 6.92 Å². The molecular formula is C7H15O2. The summed E-state index contributed by atoms with van der Waals surface area (Å²) in [7, 11) is 0. The molecule has 2 heteroatoms. The van der Waals surface area contributed by atoms with Crippen molar-refractivity contribution in [3.05, 3.63) is 6.10 Å². The van der Waals surface area contributed by atoms with Gasteiger partial charge in [0.1, 0.15) is 6.10 Å². The van der Waals surface area contributed by atoms with Crippen LogP contribution in [-0.2, 0) is 4.74 Å². The average molecular weight is 131 g/mol. The van der Waals surface area contributed by atoms with Gasteiger partial charge in [-0.2, -0.15) is 0 Å². The van der Waals surface area contributed by atoms with Gasteiger partial charge in [-0.05, 0) is 13.3 Å². The Morgan fingerprint density at radius 2 is 2.22 bits per heavy atom. The molecule has 0 aromatic carbocycles. The molecule has 0 rings (SSSR count). The number of unbranched alkanes of at least 4 members (excludes halogenated alkanes) is 1. The van der Waals surface area contributed by atoms with Crippen LogP contribution in [-0.4, -0.2) is 18.3 Å². The molecule has 0 aliphatic rings. The molecule has 0 aromatic heterocycles. The van der Waals surface area contributed by atoms with Crippen molar-refractivity contribution < 1.29 is 9.84 Å². The zero-order chi connectivity index (χ0) is 7.11. The third-order valence-electron chi connectivity index (χ3n) is 0.953. The maximum Gasteiger partial charge on any atom is 0.116 e. The zero-order valence-electron chi connectivity index (χ0n) is 6.18. The molecule has 2 nitrogen and oxygen atoms in total. The van der Waals surface area contributed by atoms with Crippen molar-refractivity contribution >= 4 is 0 Å². The first-order valence-electron chi connectivity index (χ1n) is 3.36. The third-order valence-corrected chi connectivity index (χ3v) is 0.953. The molecule has 9 heavy (non-hydrogen) atoms. The smallest absolute Gasteiger partial charge is 0.116 e. The largest absolute Gasteiger partial charge is 0.385 e. The molecule has 1 radical (unpaired) electrons. The fourth-order valence-corrected chi connectivity index (χ4v) is 0.466. The molecule has 0 saturated carbocycles. The third kappa shape index (κ3) is 7.92. The van der Waals surface area contributed by atoms with Gasteiger partial charge in [-0.25, -0.2) is 0 Å². The van der Waals surface area contributed by atoms with E-state index in [0.717, 1.165) is 19.4 Å². The molecule has 55 valence electrons. The summed E-state index contributed by atoms with van der Waals surface area (Å²) in [5, 5.41) is 8.64. The fourth-order valence-electron chi connectivity index (χ4n) is 0.466. The Morgan fingerprint density at radius 1 is 1.56 bits per heavy atom. The van der Waals surface area contributed by atoms with Crippen molar-refractivity contribution in [2.45, 2.75) is 26.7 Å². The Morgan fingerprint density at radius 3 is 2.67 bits per heavy atom. The van der Waals surface area contributed by atoms with Crippen molar-refractivity contribution in [2.24, 2.45) is 0 Å². The predicted octanol–water partition coefficient (Wildman–Crippen LogP) is 1.73. The Bertz CT molecular complexity index is 52.9. The van der Waals surface area contributed by atoms with E-state index in [-0.39, 0.29) is 0 Å². The molecule has 0 aliphatic heterocycles. The van der Waals surface area contributed by atoms with E-state index >= 15 is 0 Å². The fraction of sp³-hybridized carbons (Fsp3) is 0.857. The van der Waals surface area contributed by atoms with Crippen molar-refractivity contribution in [2.75, 3.05) is 13.2 Å². The van der Waals surface area contributed by atoms with E-state index in [1.165, 1.54) is 0 Å². The first-order valence-corrected chi connectivity index (χ1v) is 3.36. The van der Waals surface area contributed by atoms with Gasteiger partial charge in [0.2, 0.25) is 0 Å². The van der Waals surface area contributed by atoms with Crippen LogP contribution in [0.2, 0.25) is 0 Å². The highest BCUT2D eigenvalue weighted by molar-refractivity contribution is 4.64. The quantitative estimate of drug-likeness (QED) is 0.576. The van der Waals surface area contributed by atoms with Crippen molar-refractivity contribution in [3.8, 4) is 0 Å². The number of hydrogen-bond acceptors (Lipinski definition) is 2. The second kappa shape index (κ2) is 6.05. The van der Waals surface area contributed by atoms with Gasteiger partial charge >= 0.3 is 0 Å². The molecule has 0 heterocycles. The highest BCUT2D eigenvalue weighted by Crippen LogP contribution is 1.93. The summed E-state index contributed by atoms with van der Waals surface area (Å²) < 4.78 is 5.05. The van der Waals surface area contributed by atoms with E-state index in [1.54, 1.807) is 6.92 Å². The second-order valence-electron chi connectivity index (χ2n) is 2.14. The normalized spacial score (nSPS) is 10.7. The minimum absolute atomic E-state index is 0.353. The minimum atomic E-state index is 0.353. The molecule has 0 fully saturated rings. The van der Waals surface area contributed by atoms with E-state index in [9.17, 15) is 0 Å². The van der Waals surface area contributed by atoms with Crippen LogP contribution in [0, 0.1) is 6.10 Å². The van der Waals surface area contributed by atoms with Crippen LogP contribution in [0.15, 0.2) is 0 Å². The molecule has 0 atom stereocenters. The zero-order valence-corrected chi connectivity index (χ0v) is 6.18. The van der Waals surface area contributed by atoms with Crippen LogP contribution in [0.3, 0.4) is 0 Å². The maximum atomic E-state index is 8.64. The summed E-state index contributed by atoms with van der Waals surface area (Å²) in [6.45, 7) is 4.90. The Hall–Kier alpha value is -0.0800. The number of aliphatic hydroxyl groups is 1. The van der Waals surface area contributed by atoms with Crippen LogP contribution < -0.4 is 0 Å². The lowest BCUT2D eigenvalue weighted by Gasteiger charge is -2.02. The van der Waals surface area contributed by atoms with Gasteiger partial charge < -0.3 is 9.84 Å². The number of rotatable bonds is 5. The van der Waals surface area contributed by atoms with Gasteiger partial charge in [-0.3, -0.25) is 0 Å². The Labute approximate surface area is 56.8 Å². The highest BCUT2D eigenvalue weighted by Gasteiger charge is 1.94. The second-order valence-corrected chi connectivity index (χ2v) is 2.14. The lowest BCUT2D eigenvalue weighted by Crippen LogP contribution is -2.03. The van der Waals surface area contributed by atoms with E-state index < -0.39 is 0 Å². The summed E-state index contributed by atoms with van der Waals surface area (Å²) in [4.78, 5) is 0. The van der Waals surface area contributed by atoms with Gasteiger partial charge in [0.15, 0.2) is 0 Å². The number of hydrogen-bond donors (Lipinski definition) is 1. The van der Waals surface area contributed by atoms with E-state index in [0.29, 0.717) is 12.7 Å². The number of ether oxygens (including phenoxy) is 1. The van der Waals surface area contributed by atoms with Gasteiger partial charge in [-0.1, -0.05) is 13.3 Å². The summed E-state index contributed by atoms with van der Waals surface area (Å²) in [5.74, 6) is 0. The Balaban J connectivity index is 2.75. The van der Waals surface area contributed by atoms with Crippen LogP contribution in [0.4, 0.5) is 0 Å². The summed E-state index contributed by atoms with van der Waals surface area (Å²) in [6, 6.07) is 0. The predicted molar refractivity (Wildman–Crippen MR) is 36.6 cm³/mol. The van der Waals surface area contributed by atoms with Gasteiger partial charge in [0.05, 0.1) is 6.61 Å². The average Bonchev–Trinajstić information content (AvgIpc) is 1.80. The van der Waals surface area contributed by atoms with E-state index in [1.807, 2.05) is 0 Å². The maximum absolute atomic E-state index is 8.64. The van der Waals surface area contributed by atoms with Crippen molar-refractivity contribution in [1.82, 2.24) is 0 Å². The molecular weight excluding hydrogens is 116 g/mol. The first kappa shape index (κ1) is 8.92. The highest BCUT2D eigenvalue weighted by atomic mass is 16.5. The van der Waals surface area contributed by atoms with Crippen LogP contribution >= 0.6 is 0 Å². The monoisotopic (exact) mass is 131 g/mol. The summed E-state index contributed by atoms with van der Waals surface area (Å²) in [6.07, 6.45) is 2.57. The van der Waals surface area contributed by atoms with E-state index in [4.69, 9.17) is 9.84 Å². The minimum Gasteiger partial charge on any atom is -0.385 e. The lowest BCUT2D eigenvalue weighted by molar-refractivity contribution is 0.0962. The van der Waals surface area contributed by atoms with Gasteiger partial charge in [0, 0.05) is 6.61 Å². The molecule has 0 bridgehead atoms. The molecule has 0 amide bonds. The molecule has 0 aromatic rings. The molecule has 0 spiro atoms. The topological polar surface area (TPSA) is 29.5 Å². The van der Waals surface area contributed by atoms with Crippen LogP contribution in [0.1, 0.15) is 26.7 Å². The first-order chi connectivity index (χ1) is 4.27. The van der Waals surface area contributed by atoms with Crippen LogP contribution in [0.25, 0.3) is 0 Å². The number of aliphatic hydroxyl groups excluding tert-OH is 1. The molecule has 0 saturated heterocycles. The summed E-state index contributed by atoms with van der Waals surface area (Å²) in [5.41, 5.74) is 0. The van der Waals surface area contributed by atoms with Gasteiger partial charge in [0.25, 0.3) is 0 Å². The van der Waals surface area contributed by atoms with Gasteiger partial charge in [-0.15, -0.1) is 0 Å². The lowest BCUT2D eigenvalue weighted by atomic mass is 10.4.